The molecule has 1 aliphatic heterocycles. The van der Waals surface area contributed by atoms with E-state index in [-0.39, 0.29) is 22.9 Å². The number of quaternary nitrogens is 1. The largest absolute Gasteiger partial charge is 0.508 e. The zero-order valence-electron chi connectivity index (χ0n) is 13.8. The van der Waals surface area contributed by atoms with Crippen molar-refractivity contribution in [1.82, 2.24) is 0 Å². The van der Waals surface area contributed by atoms with Crippen LogP contribution in [0.25, 0.3) is 0 Å². The number of fused-ring (bicyclic) bond motifs is 1. The second kappa shape index (κ2) is 5.98. The number of nitriles is 3. The average molecular weight is 332 g/mol. The van der Waals surface area contributed by atoms with Gasteiger partial charge < -0.3 is 15.7 Å². The first-order valence-electron chi connectivity index (χ1n) is 8.02. The van der Waals surface area contributed by atoms with Crippen molar-refractivity contribution in [3.05, 3.63) is 52.7 Å². The number of allylic oxidation sites excluding steroid dienone is 2. The molecule has 25 heavy (non-hydrogen) atoms. The Morgan fingerprint density at radius 1 is 1.28 bits per heavy atom. The fraction of sp³-hybridized carbons (Fsp3) is 0.316. The van der Waals surface area contributed by atoms with Gasteiger partial charge >= 0.3 is 0 Å². The Morgan fingerprint density at radius 3 is 2.60 bits per heavy atom. The van der Waals surface area contributed by atoms with Crippen LogP contribution in [-0.4, -0.2) is 25.2 Å². The van der Waals surface area contributed by atoms with E-state index in [2.05, 4.69) is 18.2 Å². The Morgan fingerprint density at radius 2 is 2.00 bits per heavy atom. The van der Waals surface area contributed by atoms with E-state index in [0.717, 1.165) is 12.1 Å². The molecule has 1 heterocycles. The topological polar surface area (TPSA) is 122 Å². The van der Waals surface area contributed by atoms with Gasteiger partial charge in [-0.25, -0.2) is 0 Å². The Balaban J connectivity index is 2.34. The highest BCUT2D eigenvalue weighted by Gasteiger charge is 2.55. The summed E-state index contributed by atoms with van der Waals surface area (Å²) in [4.78, 5) is 1.22. The summed E-state index contributed by atoms with van der Waals surface area (Å²) in [6.07, 6.45) is 1.98. The molecular formula is C19H18N5O+. The molecule has 0 amide bonds. The van der Waals surface area contributed by atoms with Crippen molar-refractivity contribution >= 4 is 0 Å². The van der Waals surface area contributed by atoms with Gasteiger partial charge in [-0.2, -0.15) is 15.8 Å². The van der Waals surface area contributed by atoms with Crippen LogP contribution in [0.4, 0.5) is 0 Å². The lowest BCUT2D eigenvalue weighted by Gasteiger charge is -2.43. The van der Waals surface area contributed by atoms with Crippen LogP contribution in [0.3, 0.4) is 0 Å². The highest BCUT2D eigenvalue weighted by Crippen LogP contribution is 2.53. The number of likely N-dealkylation sites (N-methyl/N-ethyl adjacent to an activating group) is 1. The Kier molecular flexibility index (Phi) is 3.97. The second-order valence-electron chi connectivity index (χ2n) is 6.64. The van der Waals surface area contributed by atoms with Crippen LogP contribution in [0.2, 0.25) is 0 Å². The first-order chi connectivity index (χ1) is 12.0. The Hall–Kier alpha value is -3.27. The Labute approximate surface area is 146 Å². The van der Waals surface area contributed by atoms with E-state index in [1.807, 2.05) is 13.1 Å². The summed E-state index contributed by atoms with van der Waals surface area (Å²) in [5, 5.41) is 39.3. The maximum absolute atomic E-state index is 9.90. The van der Waals surface area contributed by atoms with E-state index in [9.17, 15) is 20.9 Å². The molecule has 3 unspecified atom stereocenters. The third-order valence-electron chi connectivity index (χ3n) is 5.18. The van der Waals surface area contributed by atoms with E-state index in [1.165, 1.54) is 4.90 Å². The van der Waals surface area contributed by atoms with Crippen molar-refractivity contribution < 1.29 is 10.0 Å². The molecule has 1 aliphatic carbocycles. The molecule has 4 N–H and O–H groups in total. The van der Waals surface area contributed by atoms with Crippen molar-refractivity contribution in [3.63, 3.8) is 0 Å². The average Bonchev–Trinajstić information content (AvgIpc) is 2.61. The Bertz CT molecular complexity index is 895. The SMILES string of the molecule is C[NH+]1CC=C2C(C#N)=C(N)C(C#N)(C#N)C(c3cccc(O)c3)C2C1. The maximum atomic E-state index is 9.90. The van der Waals surface area contributed by atoms with Gasteiger partial charge in [0.15, 0.2) is 5.41 Å². The monoisotopic (exact) mass is 332 g/mol. The molecule has 0 aromatic heterocycles. The molecule has 0 spiro atoms. The van der Waals surface area contributed by atoms with Gasteiger partial charge in [0.25, 0.3) is 0 Å². The molecule has 6 nitrogen and oxygen atoms in total. The number of hydrogen-bond donors (Lipinski definition) is 3. The predicted molar refractivity (Wildman–Crippen MR) is 89.5 cm³/mol. The van der Waals surface area contributed by atoms with Crippen LogP contribution in [0, 0.1) is 45.3 Å². The maximum Gasteiger partial charge on any atom is 0.191 e. The summed E-state index contributed by atoms with van der Waals surface area (Å²) in [5.41, 5.74) is 6.30. The molecule has 1 aromatic rings. The van der Waals surface area contributed by atoms with Crippen molar-refractivity contribution in [2.45, 2.75) is 5.92 Å². The van der Waals surface area contributed by atoms with Gasteiger partial charge in [0.1, 0.15) is 11.8 Å². The molecule has 0 saturated carbocycles. The lowest BCUT2D eigenvalue weighted by molar-refractivity contribution is -0.878. The number of phenols is 1. The van der Waals surface area contributed by atoms with E-state index in [0.29, 0.717) is 12.1 Å². The van der Waals surface area contributed by atoms with Crippen LogP contribution in [0.5, 0.6) is 5.75 Å². The fourth-order valence-corrected chi connectivity index (χ4v) is 4.02. The molecule has 3 rings (SSSR count). The lowest BCUT2D eigenvalue weighted by atomic mass is 9.58. The number of phenolic OH excluding ortho intramolecular Hbond substituents is 1. The highest BCUT2D eigenvalue weighted by molar-refractivity contribution is 5.59. The van der Waals surface area contributed by atoms with E-state index >= 15 is 0 Å². The smallest absolute Gasteiger partial charge is 0.191 e. The van der Waals surface area contributed by atoms with Crippen LogP contribution in [-0.2, 0) is 0 Å². The highest BCUT2D eigenvalue weighted by atomic mass is 16.3. The van der Waals surface area contributed by atoms with E-state index in [4.69, 9.17) is 5.73 Å². The summed E-state index contributed by atoms with van der Waals surface area (Å²) < 4.78 is 0. The lowest BCUT2D eigenvalue weighted by Crippen LogP contribution is -3.10. The minimum atomic E-state index is -1.64. The number of nitrogens with one attached hydrogen (secondary N) is 1. The quantitative estimate of drug-likeness (QED) is 0.684. The van der Waals surface area contributed by atoms with Crippen molar-refractivity contribution in [2.24, 2.45) is 17.1 Å². The first-order valence-corrected chi connectivity index (χ1v) is 8.02. The van der Waals surface area contributed by atoms with Gasteiger partial charge in [-0.3, -0.25) is 0 Å². The van der Waals surface area contributed by atoms with Gasteiger partial charge in [0.05, 0.1) is 43.5 Å². The number of aromatic hydroxyl groups is 1. The number of rotatable bonds is 1. The number of hydrogen-bond acceptors (Lipinski definition) is 5. The normalized spacial score (nSPS) is 27.3. The molecule has 0 saturated heterocycles. The molecular weight excluding hydrogens is 314 g/mol. The minimum absolute atomic E-state index is 0.00963. The van der Waals surface area contributed by atoms with E-state index in [1.54, 1.807) is 24.3 Å². The standard InChI is InChI=1S/C19H17N5O/c1-24-6-5-14-15(8-20)18(23)19(10-21,11-22)17(16(14)9-24)12-3-2-4-13(25)7-12/h2-5,7,16-17,25H,6,9,23H2,1H3/p+1. The zero-order chi connectivity index (χ0) is 18.2. The van der Waals surface area contributed by atoms with Gasteiger partial charge in [0, 0.05) is 11.8 Å². The molecule has 6 heteroatoms. The van der Waals surface area contributed by atoms with Gasteiger partial charge in [-0.15, -0.1) is 0 Å². The summed E-state index contributed by atoms with van der Waals surface area (Å²) >= 11 is 0. The van der Waals surface area contributed by atoms with Crippen LogP contribution in [0.15, 0.2) is 47.2 Å². The van der Waals surface area contributed by atoms with Gasteiger partial charge in [-0.05, 0) is 29.3 Å². The van der Waals surface area contributed by atoms with Gasteiger partial charge in [0.2, 0.25) is 0 Å². The van der Waals surface area contributed by atoms with Crippen LogP contribution < -0.4 is 10.6 Å². The third-order valence-corrected chi connectivity index (χ3v) is 5.18. The number of nitrogens with zero attached hydrogens (tertiary/aromatic N) is 3. The molecule has 0 fully saturated rings. The number of nitrogens with two attached hydrogens (primary N) is 1. The van der Waals surface area contributed by atoms with Crippen LogP contribution in [0.1, 0.15) is 11.5 Å². The summed E-state index contributed by atoms with van der Waals surface area (Å²) in [6, 6.07) is 12.9. The molecule has 124 valence electrons. The fourth-order valence-electron chi connectivity index (χ4n) is 4.02. The van der Waals surface area contributed by atoms with Crippen molar-refractivity contribution in [2.75, 3.05) is 20.1 Å². The predicted octanol–water partition coefficient (Wildman–Crippen LogP) is 0.330. The number of benzene rings is 1. The second-order valence-corrected chi connectivity index (χ2v) is 6.64. The third kappa shape index (κ3) is 2.34. The van der Waals surface area contributed by atoms with Crippen molar-refractivity contribution in [1.29, 1.82) is 15.8 Å². The van der Waals surface area contributed by atoms with Gasteiger partial charge in [-0.1, -0.05) is 12.1 Å². The first kappa shape index (κ1) is 16.6. The molecule has 0 radical (unpaired) electrons. The molecule has 1 aromatic carbocycles. The molecule has 0 bridgehead atoms. The van der Waals surface area contributed by atoms with E-state index < -0.39 is 11.3 Å². The molecule has 2 aliphatic rings. The minimum Gasteiger partial charge on any atom is -0.508 e. The summed E-state index contributed by atoms with van der Waals surface area (Å²) in [7, 11) is 2.03. The zero-order valence-corrected chi connectivity index (χ0v) is 13.8. The van der Waals surface area contributed by atoms with Crippen molar-refractivity contribution in [3.8, 4) is 24.0 Å². The van der Waals surface area contributed by atoms with Crippen LogP contribution >= 0.6 is 0 Å². The molecule has 3 atom stereocenters. The summed E-state index contributed by atoms with van der Waals surface area (Å²) in [5.74, 6) is -0.678. The summed E-state index contributed by atoms with van der Waals surface area (Å²) in [6.45, 7) is 1.43.